The fourth-order valence-electron chi connectivity index (χ4n) is 3.03. The van der Waals surface area contributed by atoms with Crippen molar-refractivity contribution in [3.63, 3.8) is 0 Å². The number of carbonyl (C=O) groups is 1. The number of ether oxygens (including phenoxy) is 1. The zero-order chi connectivity index (χ0) is 14.0. The summed E-state index contributed by atoms with van der Waals surface area (Å²) >= 11 is 0. The van der Waals surface area contributed by atoms with Gasteiger partial charge >= 0.3 is 0 Å². The average molecular weight is 268 g/mol. The van der Waals surface area contributed by atoms with Gasteiger partial charge in [-0.25, -0.2) is 0 Å². The molecule has 2 heterocycles. The predicted molar refractivity (Wildman–Crippen MR) is 75.9 cm³/mol. The molecule has 0 aliphatic carbocycles. The molecule has 0 aromatic heterocycles. The van der Waals surface area contributed by atoms with Crippen LogP contribution in [-0.4, -0.2) is 48.7 Å². The molecular formula is C15H28N2O2. The number of morpholine rings is 1. The van der Waals surface area contributed by atoms with E-state index in [4.69, 9.17) is 4.74 Å². The first-order chi connectivity index (χ1) is 8.95. The summed E-state index contributed by atoms with van der Waals surface area (Å²) in [6.45, 7) is 11.6. The molecule has 2 fully saturated rings. The molecule has 3 unspecified atom stereocenters. The van der Waals surface area contributed by atoms with Gasteiger partial charge in [0.25, 0.3) is 0 Å². The van der Waals surface area contributed by atoms with E-state index < -0.39 is 0 Å². The first-order valence-electron chi connectivity index (χ1n) is 7.64. The van der Waals surface area contributed by atoms with Crippen molar-refractivity contribution in [2.45, 2.75) is 58.8 Å². The van der Waals surface area contributed by atoms with Crippen molar-refractivity contribution < 1.29 is 9.53 Å². The van der Waals surface area contributed by atoms with Crippen molar-refractivity contribution in [2.75, 3.05) is 19.6 Å². The van der Waals surface area contributed by atoms with Crippen LogP contribution in [0.15, 0.2) is 0 Å². The largest absolute Gasteiger partial charge is 0.371 e. The van der Waals surface area contributed by atoms with E-state index in [9.17, 15) is 4.79 Å². The highest BCUT2D eigenvalue weighted by Gasteiger charge is 2.44. The normalized spacial score (nSPS) is 31.2. The highest BCUT2D eigenvalue weighted by molar-refractivity contribution is 5.80. The quantitative estimate of drug-likeness (QED) is 0.824. The number of hydrogen-bond donors (Lipinski definition) is 1. The minimum atomic E-state index is 0.0523. The van der Waals surface area contributed by atoms with Crippen molar-refractivity contribution in [3.8, 4) is 0 Å². The molecule has 2 saturated heterocycles. The van der Waals surface area contributed by atoms with Gasteiger partial charge in [-0.05, 0) is 39.2 Å². The standard InChI is InChI=1S/C15H28N2O2/c1-10(2)5-6-17-8-12-7-13(14(9-17)19-12)15(18)16-11(3)4/h10-14H,5-9H2,1-4H3,(H,16,18). The van der Waals surface area contributed by atoms with Gasteiger partial charge in [0.2, 0.25) is 5.91 Å². The third kappa shape index (κ3) is 3.93. The maximum Gasteiger partial charge on any atom is 0.226 e. The Hall–Kier alpha value is -0.610. The maximum absolute atomic E-state index is 12.2. The molecule has 19 heavy (non-hydrogen) atoms. The molecule has 1 amide bonds. The second kappa shape index (κ2) is 6.23. The van der Waals surface area contributed by atoms with E-state index in [0.29, 0.717) is 0 Å². The second-order valence-corrected chi connectivity index (χ2v) is 6.74. The zero-order valence-electron chi connectivity index (χ0n) is 12.7. The molecule has 0 radical (unpaired) electrons. The van der Waals surface area contributed by atoms with E-state index >= 15 is 0 Å². The van der Waals surface area contributed by atoms with Gasteiger partial charge in [0, 0.05) is 19.1 Å². The Balaban J connectivity index is 1.87. The fraction of sp³-hybridized carbons (Fsp3) is 0.933. The summed E-state index contributed by atoms with van der Waals surface area (Å²) < 4.78 is 5.95. The minimum Gasteiger partial charge on any atom is -0.371 e. The molecule has 2 aliphatic rings. The van der Waals surface area contributed by atoms with Crippen LogP contribution in [0.25, 0.3) is 0 Å². The maximum atomic E-state index is 12.2. The molecule has 0 aromatic carbocycles. The van der Waals surface area contributed by atoms with Crippen molar-refractivity contribution in [1.29, 1.82) is 0 Å². The lowest BCUT2D eigenvalue weighted by atomic mass is 9.99. The van der Waals surface area contributed by atoms with Crippen molar-refractivity contribution >= 4 is 5.91 Å². The summed E-state index contributed by atoms with van der Waals surface area (Å²) in [5.74, 6) is 0.963. The highest BCUT2D eigenvalue weighted by atomic mass is 16.5. The minimum absolute atomic E-state index is 0.0523. The Bertz CT molecular complexity index is 317. The summed E-state index contributed by atoms with van der Waals surface area (Å²) in [6, 6.07) is 0.213. The van der Waals surface area contributed by atoms with Gasteiger partial charge < -0.3 is 10.1 Å². The topological polar surface area (TPSA) is 41.6 Å². The van der Waals surface area contributed by atoms with E-state index in [0.717, 1.165) is 32.0 Å². The fourth-order valence-corrected chi connectivity index (χ4v) is 3.03. The van der Waals surface area contributed by atoms with Crippen LogP contribution in [0.2, 0.25) is 0 Å². The molecule has 1 N–H and O–H groups in total. The second-order valence-electron chi connectivity index (χ2n) is 6.74. The highest BCUT2D eigenvalue weighted by Crippen LogP contribution is 2.32. The number of nitrogens with zero attached hydrogens (tertiary/aromatic N) is 1. The molecular weight excluding hydrogens is 240 g/mol. The molecule has 2 bridgehead atoms. The van der Waals surface area contributed by atoms with Gasteiger partial charge in [-0.3, -0.25) is 9.69 Å². The number of nitrogens with one attached hydrogen (secondary N) is 1. The molecule has 2 aliphatic heterocycles. The van der Waals surface area contributed by atoms with Gasteiger partial charge in [0.1, 0.15) is 0 Å². The first-order valence-corrected chi connectivity index (χ1v) is 7.64. The Kier molecular flexibility index (Phi) is 4.85. The number of fused-ring (bicyclic) bond motifs is 2. The van der Waals surface area contributed by atoms with E-state index in [1.54, 1.807) is 0 Å². The summed E-state index contributed by atoms with van der Waals surface area (Å²) in [6.07, 6.45) is 2.47. The third-order valence-electron chi connectivity index (χ3n) is 4.02. The average Bonchev–Trinajstić information content (AvgIpc) is 2.61. The lowest BCUT2D eigenvalue weighted by Gasteiger charge is -2.33. The summed E-state index contributed by atoms with van der Waals surface area (Å²) in [7, 11) is 0. The first kappa shape index (κ1) is 14.8. The summed E-state index contributed by atoms with van der Waals surface area (Å²) in [5, 5.41) is 3.02. The predicted octanol–water partition coefficient (Wildman–Crippen LogP) is 1.65. The molecule has 3 atom stereocenters. The number of rotatable bonds is 5. The van der Waals surface area contributed by atoms with Crippen molar-refractivity contribution in [1.82, 2.24) is 10.2 Å². The molecule has 110 valence electrons. The van der Waals surface area contributed by atoms with Crippen LogP contribution in [-0.2, 0) is 9.53 Å². The Morgan fingerprint density at radius 1 is 1.32 bits per heavy atom. The number of hydrogen-bond acceptors (Lipinski definition) is 3. The van der Waals surface area contributed by atoms with Crippen LogP contribution in [0, 0.1) is 11.8 Å². The van der Waals surface area contributed by atoms with Gasteiger partial charge in [-0.1, -0.05) is 13.8 Å². The Morgan fingerprint density at radius 3 is 2.68 bits per heavy atom. The van der Waals surface area contributed by atoms with Gasteiger partial charge in [0.05, 0.1) is 18.1 Å². The molecule has 0 aromatic rings. The van der Waals surface area contributed by atoms with Crippen LogP contribution in [0.5, 0.6) is 0 Å². The molecule has 4 heteroatoms. The SMILES string of the molecule is CC(C)CCN1CC2CC(C(=O)NC(C)C)C(C1)O2. The van der Waals surface area contributed by atoms with Crippen LogP contribution >= 0.6 is 0 Å². The summed E-state index contributed by atoms with van der Waals surface area (Å²) in [4.78, 5) is 14.6. The molecule has 2 rings (SSSR count). The van der Waals surface area contributed by atoms with Crippen molar-refractivity contribution in [3.05, 3.63) is 0 Å². The van der Waals surface area contributed by atoms with E-state index in [-0.39, 0.29) is 30.1 Å². The van der Waals surface area contributed by atoms with Gasteiger partial charge in [0.15, 0.2) is 0 Å². The third-order valence-corrected chi connectivity index (χ3v) is 4.02. The van der Waals surface area contributed by atoms with Crippen LogP contribution in [0.1, 0.15) is 40.5 Å². The lowest BCUT2D eigenvalue weighted by Crippen LogP contribution is -2.46. The summed E-state index contributed by atoms with van der Waals surface area (Å²) in [5.41, 5.74) is 0. The number of carbonyl (C=O) groups excluding carboxylic acids is 1. The number of likely N-dealkylation sites (tertiary alicyclic amines) is 1. The number of amides is 1. The van der Waals surface area contributed by atoms with Gasteiger partial charge in [-0.2, -0.15) is 0 Å². The van der Waals surface area contributed by atoms with Crippen LogP contribution in [0.3, 0.4) is 0 Å². The smallest absolute Gasteiger partial charge is 0.226 e. The molecule has 4 nitrogen and oxygen atoms in total. The Labute approximate surface area is 116 Å². The van der Waals surface area contributed by atoms with E-state index in [1.165, 1.54) is 6.42 Å². The van der Waals surface area contributed by atoms with E-state index in [1.807, 2.05) is 13.8 Å². The van der Waals surface area contributed by atoms with Crippen molar-refractivity contribution in [2.24, 2.45) is 11.8 Å². The van der Waals surface area contributed by atoms with Gasteiger partial charge in [-0.15, -0.1) is 0 Å². The molecule has 0 spiro atoms. The molecule has 0 saturated carbocycles. The van der Waals surface area contributed by atoms with Crippen LogP contribution in [0.4, 0.5) is 0 Å². The zero-order valence-corrected chi connectivity index (χ0v) is 12.7. The van der Waals surface area contributed by atoms with Crippen LogP contribution < -0.4 is 5.32 Å². The monoisotopic (exact) mass is 268 g/mol. The lowest BCUT2D eigenvalue weighted by molar-refractivity contribution is -0.128. The Morgan fingerprint density at radius 2 is 2.05 bits per heavy atom. The van der Waals surface area contributed by atoms with E-state index in [2.05, 4.69) is 24.1 Å².